The van der Waals surface area contributed by atoms with Crippen molar-refractivity contribution in [3.8, 4) is 5.75 Å². The highest BCUT2D eigenvalue weighted by Crippen LogP contribution is 2.36. The average Bonchev–Trinajstić information content (AvgIpc) is 3.21. The Bertz CT molecular complexity index is 1190. The molecule has 1 amide bonds. The minimum absolute atomic E-state index is 0.217. The smallest absolute Gasteiger partial charge is 0.279 e. The van der Waals surface area contributed by atoms with Gasteiger partial charge in [-0.25, -0.2) is 9.89 Å². The van der Waals surface area contributed by atoms with Gasteiger partial charge in [0.15, 0.2) is 5.17 Å². The monoisotopic (exact) mass is 462 g/mol. The second-order valence-corrected chi connectivity index (χ2v) is 8.39. The largest absolute Gasteiger partial charge is 0.478 e. The molecule has 0 aromatic heterocycles. The maximum Gasteiger partial charge on any atom is 0.279 e. The van der Waals surface area contributed by atoms with Gasteiger partial charge in [-0.1, -0.05) is 71.9 Å². The van der Waals surface area contributed by atoms with Crippen LogP contribution in [0.25, 0.3) is 0 Å². The first-order chi connectivity index (χ1) is 15.7. The highest BCUT2D eigenvalue weighted by molar-refractivity contribution is 8.13. The van der Waals surface area contributed by atoms with E-state index in [-0.39, 0.29) is 5.91 Å². The van der Waals surface area contributed by atoms with E-state index in [1.54, 1.807) is 17.1 Å². The van der Waals surface area contributed by atoms with Crippen molar-refractivity contribution in [2.45, 2.75) is 12.1 Å². The fourth-order valence-electron chi connectivity index (χ4n) is 3.66. The number of ether oxygens (including phenoxy) is 1. The normalized spacial score (nSPS) is 20.0. The zero-order valence-corrected chi connectivity index (χ0v) is 18.7. The Kier molecular flexibility index (Phi) is 5.59. The molecule has 0 saturated carbocycles. The number of aliphatic imine (C=N–C) groups is 1. The van der Waals surface area contributed by atoms with Gasteiger partial charge < -0.3 is 4.74 Å². The number of fused-ring (bicyclic) bond motifs is 1. The van der Waals surface area contributed by atoms with E-state index in [4.69, 9.17) is 21.3 Å². The first-order valence-corrected chi connectivity index (χ1v) is 11.6. The van der Waals surface area contributed by atoms with Gasteiger partial charge in [0.2, 0.25) is 12.1 Å². The van der Waals surface area contributed by atoms with Crippen LogP contribution in [0.3, 0.4) is 0 Å². The van der Waals surface area contributed by atoms with Gasteiger partial charge in [-0.2, -0.15) is 5.01 Å². The predicted octanol–water partition coefficient (Wildman–Crippen LogP) is 5.18. The summed E-state index contributed by atoms with van der Waals surface area (Å²) in [5.41, 5.74) is 1.66. The number of thioether (sulfide) groups is 1. The van der Waals surface area contributed by atoms with Crippen molar-refractivity contribution in [1.82, 2.24) is 4.90 Å². The molecule has 0 radical (unpaired) electrons. The zero-order chi connectivity index (χ0) is 22.1. The molecule has 0 aliphatic carbocycles. The van der Waals surface area contributed by atoms with Gasteiger partial charge in [-0.05, 0) is 48.2 Å². The SMILES string of the molecule is CSC1=NN(c2ccccc2)C2=N[C@H](c3ccc(Cl)cc3)[C@@H](Oc3ccccc3)C(=O)N12. The van der Waals surface area contributed by atoms with Crippen LogP contribution in [0.1, 0.15) is 11.6 Å². The average molecular weight is 463 g/mol. The van der Waals surface area contributed by atoms with Crippen LogP contribution < -0.4 is 9.75 Å². The quantitative estimate of drug-likeness (QED) is 0.536. The van der Waals surface area contributed by atoms with Gasteiger partial charge in [-0.15, -0.1) is 5.10 Å². The molecule has 32 heavy (non-hydrogen) atoms. The minimum atomic E-state index is -0.851. The summed E-state index contributed by atoms with van der Waals surface area (Å²) in [7, 11) is 0. The van der Waals surface area contributed by atoms with E-state index in [1.165, 1.54) is 16.7 Å². The number of benzene rings is 3. The van der Waals surface area contributed by atoms with Crippen LogP contribution in [-0.2, 0) is 4.79 Å². The van der Waals surface area contributed by atoms with Gasteiger partial charge in [0.25, 0.3) is 5.91 Å². The Labute approximate surface area is 195 Å². The number of rotatable bonds is 4. The number of amides is 1. The lowest BCUT2D eigenvalue weighted by molar-refractivity contribution is -0.133. The molecule has 8 heteroatoms. The summed E-state index contributed by atoms with van der Waals surface area (Å²) < 4.78 is 6.19. The van der Waals surface area contributed by atoms with Gasteiger partial charge in [0, 0.05) is 5.02 Å². The van der Waals surface area contributed by atoms with E-state index >= 15 is 0 Å². The molecule has 0 N–H and O–H groups in total. The fourth-order valence-corrected chi connectivity index (χ4v) is 4.30. The molecule has 0 spiro atoms. The van der Waals surface area contributed by atoms with Crippen molar-refractivity contribution in [3.05, 3.63) is 95.5 Å². The van der Waals surface area contributed by atoms with Crippen molar-refractivity contribution in [1.29, 1.82) is 0 Å². The highest BCUT2D eigenvalue weighted by atomic mass is 35.5. The molecule has 2 aliphatic heterocycles. The number of carbonyl (C=O) groups is 1. The van der Waals surface area contributed by atoms with E-state index in [2.05, 4.69) is 5.10 Å². The number of hydrogen-bond acceptors (Lipinski definition) is 6. The molecular weight excluding hydrogens is 444 g/mol. The molecule has 6 nitrogen and oxygen atoms in total. The van der Waals surface area contributed by atoms with Gasteiger partial charge in [0.1, 0.15) is 11.8 Å². The molecule has 0 fully saturated rings. The topological polar surface area (TPSA) is 57.5 Å². The van der Waals surface area contributed by atoms with Crippen molar-refractivity contribution < 1.29 is 9.53 Å². The standard InChI is InChI=1S/C24H19ClN4O2S/c1-32-24-27-29(18-8-4-2-5-9-18)23-26-20(16-12-14-17(25)15-13-16)21(22(30)28(23)24)31-19-10-6-3-7-11-19/h2-15,20-21H,1H3/t20-,21-/m1/s1. The second kappa shape index (κ2) is 8.68. The number of guanidine groups is 1. The zero-order valence-electron chi connectivity index (χ0n) is 17.1. The molecule has 2 heterocycles. The lowest BCUT2D eigenvalue weighted by Crippen LogP contribution is -2.53. The Morgan fingerprint density at radius 3 is 2.25 bits per heavy atom. The fraction of sp³-hybridized carbons (Fsp3) is 0.125. The number of amidine groups is 1. The number of anilines is 1. The lowest BCUT2D eigenvalue weighted by atomic mass is 9.99. The molecule has 0 saturated heterocycles. The van der Waals surface area contributed by atoms with Crippen molar-refractivity contribution in [2.24, 2.45) is 10.1 Å². The van der Waals surface area contributed by atoms with Crippen LogP contribution >= 0.6 is 23.4 Å². The summed E-state index contributed by atoms with van der Waals surface area (Å²) in [6.07, 6.45) is 1.03. The number of carbonyl (C=O) groups excluding carboxylic acids is 1. The number of nitrogens with zero attached hydrogens (tertiary/aromatic N) is 4. The Balaban J connectivity index is 1.62. The third kappa shape index (κ3) is 3.74. The van der Waals surface area contributed by atoms with Gasteiger partial charge in [-0.3, -0.25) is 4.79 Å². The van der Waals surface area contributed by atoms with E-state index in [1.807, 2.05) is 79.1 Å². The summed E-state index contributed by atoms with van der Waals surface area (Å²) in [5, 5.41) is 7.53. The van der Waals surface area contributed by atoms with Crippen molar-refractivity contribution in [3.63, 3.8) is 0 Å². The summed E-state index contributed by atoms with van der Waals surface area (Å²) >= 11 is 7.49. The summed E-state index contributed by atoms with van der Waals surface area (Å²) in [5.74, 6) is 0.842. The van der Waals surface area contributed by atoms with Crippen LogP contribution in [-0.4, -0.2) is 34.3 Å². The van der Waals surface area contributed by atoms with Crippen LogP contribution in [0.2, 0.25) is 5.02 Å². The minimum Gasteiger partial charge on any atom is -0.478 e. The molecule has 0 bridgehead atoms. The Hall–Kier alpha value is -3.29. The molecule has 5 rings (SSSR count). The highest BCUT2D eigenvalue weighted by Gasteiger charge is 2.48. The van der Waals surface area contributed by atoms with E-state index in [0.29, 0.717) is 21.9 Å². The lowest BCUT2D eigenvalue weighted by Gasteiger charge is -2.34. The molecule has 3 aromatic rings. The number of hydrazone groups is 1. The molecular formula is C24H19ClN4O2S. The molecule has 2 aliphatic rings. The predicted molar refractivity (Wildman–Crippen MR) is 129 cm³/mol. The molecule has 2 atom stereocenters. The number of halogens is 1. The number of hydrogen-bond donors (Lipinski definition) is 0. The van der Waals surface area contributed by atoms with Crippen molar-refractivity contribution >= 4 is 46.1 Å². The first kappa shape index (κ1) is 20.6. The second-order valence-electron chi connectivity index (χ2n) is 7.18. The summed E-state index contributed by atoms with van der Waals surface area (Å²) in [6.45, 7) is 0. The molecule has 0 unspecified atom stereocenters. The third-order valence-corrected chi connectivity index (χ3v) is 6.05. The summed E-state index contributed by atoms with van der Waals surface area (Å²) in [6, 6.07) is 25.7. The molecule has 160 valence electrons. The Morgan fingerprint density at radius 1 is 0.938 bits per heavy atom. The van der Waals surface area contributed by atoms with Crippen LogP contribution in [0.5, 0.6) is 5.75 Å². The Morgan fingerprint density at radius 2 is 1.59 bits per heavy atom. The number of para-hydroxylation sites is 2. The van der Waals surface area contributed by atoms with E-state index < -0.39 is 12.1 Å². The van der Waals surface area contributed by atoms with Crippen LogP contribution in [0.4, 0.5) is 5.69 Å². The van der Waals surface area contributed by atoms with Crippen LogP contribution in [0, 0.1) is 0 Å². The van der Waals surface area contributed by atoms with Gasteiger partial charge >= 0.3 is 0 Å². The van der Waals surface area contributed by atoms with E-state index in [0.717, 1.165) is 11.3 Å². The first-order valence-electron chi connectivity index (χ1n) is 10.0. The maximum absolute atomic E-state index is 13.8. The summed E-state index contributed by atoms with van der Waals surface area (Å²) in [4.78, 5) is 20.3. The maximum atomic E-state index is 13.8. The van der Waals surface area contributed by atoms with Crippen LogP contribution in [0.15, 0.2) is 95.0 Å². The van der Waals surface area contributed by atoms with Gasteiger partial charge in [0.05, 0.1) is 5.69 Å². The van der Waals surface area contributed by atoms with Crippen molar-refractivity contribution in [2.75, 3.05) is 11.3 Å². The molecule has 3 aromatic carbocycles. The van der Waals surface area contributed by atoms with E-state index in [9.17, 15) is 4.79 Å². The third-order valence-electron chi connectivity index (χ3n) is 5.17.